The van der Waals surface area contributed by atoms with Gasteiger partial charge in [-0.2, -0.15) is 0 Å². The highest BCUT2D eigenvalue weighted by Gasteiger charge is 2.16. The summed E-state index contributed by atoms with van der Waals surface area (Å²) in [5.41, 5.74) is 1.95. The lowest BCUT2D eigenvalue weighted by Gasteiger charge is -2.14. The van der Waals surface area contributed by atoms with Crippen molar-refractivity contribution in [1.82, 2.24) is 0 Å². The summed E-state index contributed by atoms with van der Waals surface area (Å²) in [5, 5.41) is 5.66. The van der Waals surface area contributed by atoms with Crippen molar-refractivity contribution in [2.75, 3.05) is 30.5 Å². The highest BCUT2D eigenvalue weighted by molar-refractivity contribution is 7.90. The maximum atomic E-state index is 12.2. The van der Waals surface area contributed by atoms with Crippen LogP contribution in [0.25, 0.3) is 0 Å². The van der Waals surface area contributed by atoms with Gasteiger partial charge in [-0.15, -0.1) is 0 Å². The number of anilines is 2. The molecule has 6 nitrogen and oxygen atoms in total. The number of carbonyl (C=O) groups excluding carboxylic acids is 1. The molecule has 0 aliphatic heterocycles. The molecule has 2 aromatic carbocycles. The first-order valence-corrected chi connectivity index (χ1v) is 10.1. The van der Waals surface area contributed by atoms with Gasteiger partial charge in [-0.3, -0.25) is 4.79 Å². The summed E-state index contributed by atoms with van der Waals surface area (Å²) in [6.45, 7) is 3.94. The topological polar surface area (TPSA) is 84.5 Å². The van der Waals surface area contributed by atoms with Crippen LogP contribution in [0.3, 0.4) is 0 Å². The molecule has 26 heavy (non-hydrogen) atoms. The molecular formula is C19H24N2O4S. The van der Waals surface area contributed by atoms with Crippen LogP contribution in [0.5, 0.6) is 5.75 Å². The number of hydrogen-bond donors (Lipinski definition) is 2. The Balaban J connectivity index is 2.12. The number of nitrogens with one attached hydrogen (secondary N) is 2. The van der Waals surface area contributed by atoms with Crippen LogP contribution >= 0.6 is 0 Å². The zero-order chi connectivity index (χ0) is 19.3. The summed E-state index contributed by atoms with van der Waals surface area (Å²) in [4.78, 5) is 12.4. The van der Waals surface area contributed by atoms with E-state index >= 15 is 0 Å². The normalized spacial score (nSPS) is 11.3. The van der Waals surface area contributed by atoms with Gasteiger partial charge in [-0.1, -0.05) is 26.0 Å². The molecule has 7 heteroatoms. The molecule has 0 heterocycles. The minimum Gasteiger partial charge on any atom is -0.497 e. The lowest BCUT2D eigenvalue weighted by molar-refractivity contribution is -0.114. The minimum absolute atomic E-state index is 0.0548. The Labute approximate surface area is 154 Å². The molecule has 2 aromatic rings. The number of methoxy groups -OCH3 is 1. The van der Waals surface area contributed by atoms with E-state index in [1.54, 1.807) is 43.5 Å². The first-order valence-electron chi connectivity index (χ1n) is 8.22. The molecule has 0 radical (unpaired) electrons. The zero-order valence-corrected chi connectivity index (χ0v) is 16.2. The molecule has 0 aliphatic rings. The second-order valence-corrected chi connectivity index (χ2v) is 8.30. The highest BCUT2D eigenvalue weighted by Crippen LogP contribution is 2.26. The van der Waals surface area contributed by atoms with Crippen molar-refractivity contribution in [1.29, 1.82) is 0 Å². The molecule has 2 N–H and O–H groups in total. The van der Waals surface area contributed by atoms with E-state index in [-0.39, 0.29) is 23.3 Å². The predicted molar refractivity (Wildman–Crippen MR) is 104 cm³/mol. The van der Waals surface area contributed by atoms with Crippen molar-refractivity contribution >= 4 is 27.1 Å². The lowest BCUT2D eigenvalue weighted by atomic mass is 10.0. The van der Waals surface area contributed by atoms with Gasteiger partial charge in [0.25, 0.3) is 0 Å². The quantitative estimate of drug-likeness (QED) is 0.775. The Morgan fingerprint density at radius 3 is 2.50 bits per heavy atom. The minimum atomic E-state index is -3.42. The standard InChI is InChI=1S/C19H24N2O4S/c1-13(2)14-8-9-17(18(10-14)26(4,23)24)20-12-19(22)21-15-6-5-7-16(11-15)25-3/h5-11,13,20H,12H2,1-4H3,(H,21,22). The Bertz CT molecular complexity index is 892. The first-order chi connectivity index (χ1) is 12.2. The van der Waals surface area contributed by atoms with Gasteiger partial charge in [0, 0.05) is 18.0 Å². The van der Waals surface area contributed by atoms with Gasteiger partial charge in [0.15, 0.2) is 9.84 Å². The van der Waals surface area contributed by atoms with Crippen molar-refractivity contribution in [3.63, 3.8) is 0 Å². The fourth-order valence-corrected chi connectivity index (χ4v) is 3.32. The molecule has 0 spiro atoms. The number of benzene rings is 2. The van der Waals surface area contributed by atoms with Crippen molar-refractivity contribution in [3.05, 3.63) is 48.0 Å². The molecule has 2 rings (SSSR count). The van der Waals surface area contributed by atoms with Crippen LogP contribution in [0.1, 0.15) is 25.3 Å². The molecule has 140 valence electrons. The van der Waals surface area contributed by atoms with E-state index in [9.17, 15) is 13.2 Å². The maximum Gasteiger partial charge on any atom is 0.243 e. The molecule has 0 saturated heterocycles. The van der Waals surface area contributed by atoms with E-state index in [4.69, 9.17) is 4.74 Å². The van der Waals surface area contributed by atoms with Crippen LogP contribution in [0.15, 0.2) is 47.4 Å². The largest absolute Gasteiger partial charge is 0.497 e. The lowest BCUT2D eigenvalue weighted by Crippen LogP contribution is -2.22. The van der Waals surface area contributed by atoms with Crippen LogP contribution < -0.4 is 15.4 Å². The van der Waals surface area contributed by atoms with Crippen LogP contribution in [-0.2, 0) is 14.6 Å². The fourth-order valence-electron chi connectivity index (χ4n) is 2.43. The van der Waals surface area contributed by atoms with Crippen molar-refractivity contribution < 1.29 is 17.9 Å². The van der Waals surface area contributed by atoms with E-state index in [1.165, 1.54) is 0 Å². The van der Waals surface area contributed by atoms with Crippen LogP contribution in [0.4, 0.5) is 11.4 Å². The van der Waals surface area contributed by atoms with Gasteiger partial charge in [0.05, 0.1) is 24.2 Å². The molecule has 0 aliphatic carbocycles. The van der Waals surface area contributed by atoms with E-state index < -0.39 is 9.84 Å². The number of sulfone groups is 1. The van der Waals surface area contributed by atoms with Gasteiger partial charge in [-0.05, 0) is 35.7 Å². The number of ether oxygens (including phenoxy) is 1. The maximum absolute atomic E-state index is 12.2. The monoisotopic (exact) mass is 376 g/mol. The van der Waals surface area contributed by atoms with Gasteiger partial charge < -0.3 is 15.4 Å². The van der Waals surface area contributed by atoms with Gasteiger partial charge in [0.2, 0.25) is 5.91 Å². The Kier molecular flexibility index (Phi) is 6.26. The Morgan fingerprint density at radius 1 is 1.15 bits per heavy atom. The Morgan fingerprint density at radius 2 is 1.88 bits per heavy atom. The predicted octanol–water partition coefficient (Wildman–Crippen LogP) is 3.27. The van der Waals surface area contributed by atoms with Gasteiger partial charge in [0.1, 0.15) is 5.75 Å². The number of rotatable bonds is 7. The molecule has 0 atom stereocenters. The van der Waals surface area contributed by atoms with Crippen molar-refractivity contribution in [2.24, 2.45) is 0 Å². The third kappa shape index (κ3) is 5.23. The van der Waals surface area contributed by atoms with Gasteiger partial charge >= 0.3 is 0 Å². The van der Waals surface area contributed by atoms with E-state index in [0.717, 1.165) is 11.8 Å². The summed E-state index contributed by atoms with van der Waals surface area (Å²) in [5.74, 6) is 0.561. The molecule has 0 aromatic heterocycles. The summed E-state index contributed by atoms with van der Waals surface area (Å²) in [6.07, 6.45) is 1.16. The first kappa shape index (κ1) is 19.8. The number of amides is 1. The summed E-state index contributed by atoms with van der Waals surface area (Å²) in [7, 11) is -1.86. The molecular weight excluding hydrogens is 352 g/mol. The third-order valence-corrected chi connectivity index (χ3v) is 5.00. The average Bonchev–Trinajstić information content (AvgIpc) is 2.59. The molecule has 0 fully saturated rings. The molecule has 0 unspecified atom stereocenters. The number of carbonyl (C=O) groups is 1. The van der Waals surface area contributed by atoms with Crippen molar-refractivity contribution in [3.8, 4) is 5.75 Å². The second kappa shape index (κ2) is 8.23. The smallest absolute Gasteiger partial charge is 0.243 e. The van der Waals surface area contributed by atoms with Crippen LogP contribution in [0.2, 0.25) is 0 Å². The summed E-state index contributed by atoms with van der Waals surface area (Å²) < 4.78 is 29.3. The van der Waals surface area contributed by atoms with E-state index in [0.29, 0.717) is 17.1 Å². The van der Waals surface area contributed by atoms with Crippen LogP contribution in [0, 0.1) is 0 Å². The van der Waals surface area contributed by atoms with E-state index in [1.807, 2.05) is 19.9 Å². The molecule has 0 bridgehead atoms. The Hall–Kier alpha value is -2.54. The summed E-state index contributed by atoms with van der Waals surface area (Å²) in [6, 6.07) is 12.2. The van der Waals surface area contributed by atoms with Gasteiger partial charge in [-0.25, -0.2) is 8.42 Å². The van der Waals surface area contributed by atoms with Crippen molar-refractivity contribution in [2.45, 2.75) is 24.7 Å². The van der Waals surface area contributed by atoms with E-state index in [2.05, 4.69) is 10.6 Å². The average molecular weight is 376 g/mol. The number of hydrogen-bond acceptors (Lipinski definition) is 5. The molecule has 1 amide bonds. The van der Waals surface area contributed by atoms with Crippen LogP contribution in [-0.4, -0.2) is 34.2 Å². The SMILES string of the molecule is COc1cccc(NC(=O)CNc2ccc(C(C)C)cc2S(C)(=O)=O)c1. The third-order valence-electron chi connectivity index (χ3n) is 3.86. The second-order valence-electron chi connectivity index (χ2n) is 6.32. The molecule has 0 saturated carbocycles. The highest BCUT2D eigenvalue weighted by atomic mass is 32.2. The fraction of sp³-hybridized carbons (Fsp3) is 0.316. The summed E-state index contributed by atoms with van der Waals surface area (Å²) >= 11 is 0. The zero-order valence-electron chi connectivity index (χ0n) is 15.4.